The number of carbonyl (C=O) groups is 2. The molecule has 0 atom stereocenters. The van der Waals surface area contributed by atoms with E-state index >= 15 is 0 Å². The molecule has 0 radical (unpaired) electrons. The van der Waals surface area contributed by atoms with E-state index in [-0.39, 0.29) is 34.0 Å². The van der Waals surface area contributed by atoms with Gasteiger partial charge < -0.3 is 9.47 Å². The number of rotatable bonds is 7. The summed E-state index contributed by atoms with van der Waals surface area (Å²) in [4.78, 5) is 25.4. The number of sulfonamides is 1. The highest BCUT2D eigenvalue weighted by Crippen LogP contribution is 2.60. The van der Waals surface area contributed by atoms with Gasteiger partial charge in [-0.2, -0.15) is 0 Å². The molecule has 4 bridgehead atoms. The Morgan fingerprint density at radius 1 is 1.10 bits per heavy atom. The van der Waals surface area contributed by atoms with Gasteiger partial charge in [-0.3, -0.25) is 4.79 Å². The van der Waals surface area contributed by atoms with E-state index in [1.54, 1.807) is 0 Å². The second-order valence-corrected chi connectivity index (χ2v) is 10.6. The number of carbonyl (C=O) groups excluding carboxylic acids is 2. The van der Waals surface area contributed by atoms with E-state index in [9.17, 15) is 18.0 Å². The molecule has 4 aliphatic carbocycles. The van der Waals surface area contributed by atoms with E-state index in [0.29, 0.717) is 17.8 Å². The molecule has 0 heterocycles. The maximum atomic E-state index is 13.0. The van der Waals surface area contributed by atoms with Crippen molar-refractivity contribution in [1.82, 2.24) is 4.72 Å². The Morgan fingerprint density at radius 2 is 1.69 bits per heavy atom. The van der Waals surface area contributed by atoms with Crippen LogP contribution < -0.4 is 9.46 Å². The minimum absolute atomic E-state index is 0.0153. The van der Waals surface area contributed by atoms with Crippen LogP contribution in [0.1, 0.15) is 48.9 Å². The number of hydrogen-bond acceptors (Lipinski definition) is 6. The molecule has 4 fully saturated rings. The van der Waals surface area contributed by atoms with Gasteiger partial charge in [0, 0.05) is 5.41 Å². The topological polar surface area (TPSA) is 98.8 Å². The Morgan fingerprint density at radius 3 is 2.21 bits per heavy atom. The van der Waals surface area contributed by atoms with Crippen molar-refractivity contribution in [1.29, 1.82) is 0 Å². The highest BCUT2D eigenvalue weighted by molar-refractivity contribution is 7.89. The SMILES string of the molecule is CNS(=O)(=O)c1cc(C(=O)OCC(=O)C23CC4CC(CC(C4)C2)C3)ccc1OC. The summed E-state index contributed by atoms with van der Waals surface area (Å²) in [5, 5.41) is 0. The van der Waals surface area contributed by atoms with Crippen molar-refractivity contribution in [3.8, 4) is 5.75 Å². The molecule has 5 rings (SSSR count). The summed E-state index contributed by atoms with van der Waals surface area (Å²) in [5.74, 6) is 1.34. The third-order valence-electron chi connectivity index (χ3n) is 6.92. The molecule has 158 valence electrons. The van der Waals surface area contributed by atoms with Crippen LogP contribution in [0.3, 0.4) is 0 Å². The molecule has 4 aliphatic rings. The van der Waals surface area contributed by atoms with E-state index in [1.807, 2.05) is 0 Å². The second kappa shape index (κ2) is 7.40. The molecule has 1 aromatic carbocycles. The van der Waals surface area contributed by atoms with Gasteiger partial charge in [-0.15, -0.1) is 0 Å². The number of nitrogens with one attached hydrogen (secondary N) is 1. The number of ketones is 1. The van der Waals surface area contributed by atoms with Gasteiger partial charge >= 0.3 is 5.97 Å². The smallest absolute Gasteiger partial charge is 0.338 e. The van der Waals surface area contributed by atoms with E-state index in [1.165, 1.54) is 51.6 Å². The van der Waals surface area contributed by atoms with Gasteiger partial charge in [-0.05, 0) is 81.5 Å². The van der Waals surface area contributed by atoms with Gasteiger partial charge in [0.15, 0.2) is 12.4 Å². The fraction of sp³-hybridized carbons (Fsp3) is 0.619. The number of Topliss-reactive ketones (excluding diaryl/α,β-unsaturated/α-hetero) is 1. The van der Waals surface area contributed by atoms with Crippen LogP contribution in [-0.2, 0) is 19.6 Å². The van der Waals surface area contributed by atoms with Gasteiger partial charge in [0.05, 0.1) is 12.7 Å². The van der Waals surface area contributed by atoms with Gasteiger partial charge in [-0.1, -0.05) is 0 Å². The van der Waals surface area contributed by atoms with Crippen molar-refractivity contribution in [2.24, 2.45) is 23.2 Å². The monoisotopic (exact) mass is 421 g/mol. The normalized spacial score (nSPS) is 30.2. The van der Waals surface area contributed by atoms with Crippen molar-refractivity contribution >= 4 is 21.8 Å². The molecule has 4 saturated carbocycles. The summed E-state index contributed by atoms with van der Waals surface area (Å²) in [6.07, 6.45) is 6.47. The first kappa shape index (κ1) is 20.3. The molecule has 1 aromatic rings. The predicted molar refractivity (Wildman–Crippen MR) is 105 cm³/mol. The summed E-state index contributed by atoms with van der Waals surface area (Å²) in [5.41, 5.74) is -0.256. The number of methoxy groups -OCH3 is 1. The van der Waals surface area contributed by atoms with Crippen molar-refractivity contribution in [2.75, 3.05) is 20.8 Å². The van der Waals surface area contributed by atoms with Crippen LogP contribution >= 0.6 is 0 Å². The van der Waals surface area contributed by atoms with Gasteiger partial charge in [0.2, 0.25) is 10.0 Å². The van der Waals surface area contributed by atoms with Crippen molar-refractivity contribution in [3.63, 3.8) is 0 Å². The maximum Gasteiger partial charge on any atom is 0.338 e. The largest absolute Gasteiger partial charge is 0.495 e. The van der Waals surface area contributed by atoms with E-state index < -0.39 is 16.0 Å². The first-order valence-electron chi connectivity index (χ1n) is 10.1. The Balaban J connectivity index is 1.46. The molecule has 0 unspecified atom stereocenters. The van der Waals surface area contributed by atoms with Crippen LogP contribution in [0.2, 0.25) is 0 Å². The molecule has 29 heavy (non-hydrogen) atoms. The Bertz CT molecular complexity index is 903. The molecule has 0 aliphatic heterocycles. The highest BCUT2D eigenvalue weighted by atomic mass is 32.2. The molecular formula is C21H27NO6S. The lowest BCUT2D eigenvalue weighted by Crippen LogP contribution is -2.51. The molecule has 0 saturated heterocycles. The summed E-state index contributed by atoms with van der Waals surface area (Å²) in [6.45, 7) is -0.259. The lowest BCUT2D eigenvalue weighted by molar-refractivity contribution is -0.147. The first-order valence-corrected chi connectivity index (χ1v) is 11.6. The lowest BCUT2D eigenvalue weighted by Gasteiger charge is -2.55. The minimum atomic E-state index is -3.81. The summed E-state index contributed by atoms with van der Waals surface area (Å²) in [7, 11) is -1.17. The van der Waals surface area contributed by atoms with Crippen LogP contribution in [-0.4, -0.2) is 40.9 Å². The zero-order valence-corrected chi connectivity index (χ0v) is 17.6. The molecule has 8 heteroatoms. The number of benzene rings is 1. The first-order chi connectivity index (χ1) is 13.8. The molecular weight excluding hydrogens is 394 g/mol. The van der Waals surface area contributed by atoms with Gasteiger partial charge in [0.1, 0.15) is 10.6 Å². The van der Waals surface area contributed by atoms with Crippen LogP contribution in [0.15, 0.2) is 23.1 Å². The maximum absolute atomic E-state index is 13.0. The van der Waals surface area contributed by atoms with Crippen LogP contribution in [0.25, 0.3) is 0 Å². The molecule has 7 nitrogen and oxygen atoms in total. The highest BCUT2D eigenvalue weighted by Gasteiger charge is 2.54. The lowest BCUT2D eigenvalue weighted by atomic mass is 9.48. The summed E-state index contributed by atoms with van der Waals surface area (Å²) >= 11 is 0. The van der Waals surface area contributed by atoms with Crippen molar-refractivity contribution in [3.05, 3.63) is 23.8 Å². The standard InChI is InChI=1S/C21H27NO6S/c1-22-29(25,26)18-8-16(3-4-17(18)27-2)20(24)28-12-19(23)21-9-13-5-14(10-21)7-15(6-13)11-21/h3-4,8,13-15,22H,5-7,9-12H2,1-2H3. The average molecular weight is 422 g/mol. The Labute approximate surface area is 171 Å². The summed E-state index contributed by atoms with van der Waals surface area (Å²) in [6, 6.07) is 4.05. The fourth-order valence-electron chi connectivity index (χ4n) is 5.94. The number of ether oxygens (including phenoxy) is 2. The van der Waals surface area contributed by atoms with E-state index in [0.717, 1.165) is 19.3 Å². The van der Waals surface area contributed by atoms with Crippen LogP contribution in [0.5, 0.6) is 5.75 Å². The fourth-order valence-corrected chi connectivity index (χ4v) is 6.86. The van der Waals surface area contributed by atoms with Crippen molar-refractivity contribution < 1.29 is 27.5 Å². The van der Waals surface area contributed by atoms with Crippen LogP contribution in [0.4, 0.5) is 0 Å². The molecule has 0 spiro atoms. The number of esters is 1. The minimum Gasteiger partial charge on any atom is -0.495 e. The number of hydrogen-bond donors (Lipinski definition) is 1. The molecule has 1 N–H and O–H groups in total. The Kier molecular flexibility index (Phi) is 5.19. The van der Waals surface area contributed by atoms with Gasteiger partial charge in [-0.25, -0.2) is 17.9 Å². The third kappa shape index (κ3) is 3.68. The zero-order valence-electron chi connectivity index (χ0n) is 16.8. The predicted octanol–water partition coefficient (Wildman–Crippen LogP) is 2.55. The van der Waals surface area contributed by atoms with Crippen LogP contribution in [0, 0.1) is 23.2 Å². The average Bonchev–Trinajstić information content (AvgIpc) is 2.70. The van der Waals surface area contributed by atoms with E-state index in [4.69, 9.17) is 9.47 Å². The molecule has 0 aromatic heterocycles. The molecule has 0 amide bonds. The zero-order chi connectivity index (χ0) is 20.8. The van der Waals surface area contributed by atoms with Gasteiger partial charge in [0.25, 0.3) is 0 Å². The Hall–Kier alpha value is -1.93. The quantitative estimate of drug-likeness (QED) is 0.680. The third-order valence-corrected chi connectivity index (χ3v) is 8.36. The second-order valence-electron chi connectivity index (χ2n) is 8.77. The summed E-state index contributed by atoms with van der Waals surface area (Å²) < 4.78 is 37.0. The van der Waals surface area contributed by atoms with Crippen molar-refractivity contribution in [2.45, 2.75) is 43.4 Å². The van der Waals surface area contributed by atoms with E-state index in [2.05, 4.69) is 4.72 Å².